The van der Waals surface area contributed by atoms with E-state index in [-0.39, 0.29) is 12.5 Å². The third kappa shape index (κ3) is 2.41. The summed E-state index contributed by atoms with van der Waals surface area (Å²) < 4.78 is 0. The maximum absolute atomic E-state index is 12.0. The Labute approximate surface area is 98.6 Å². The van der Waals surface area contributed by atoms with Crippen molar-refractivity contribution in [3.63, 3.8) is 0 Å². The maximum Gasteiger partial charge on any atom is 0.240 e. The molecule has 1 aromatic heterocycles. The summed E-state index contributed by atoms with van der Waals surface area (Å²) in [6.45, 7) is 0.207. The number of nitrogens with zero attached hydrogens (tertiary/aromatic N) is 4. The van der Waals surface area contributed by atoms with Gasteiger partial charge >= 0.3 is 0 Å². The molecule has 2 rings (SSSR count). The highest BCUT2D eigenvalue weighted by atomic mass is 16.2. The van der Waals surface area contributed by atoms with Crippen molar-refractivity contribution in [2.45, 2.75) is 38.6 Å². The van der Waals surface area contributed by atoms with E-state index in [2.05, 4.69) is 32.0 Å². The van der Waals surface area contributed by atoms with Crippen molar-refractivity contribution in [1.29, 1.82) is 5.26 Å². The minimum Gasteiger partial charge on any atom is -0.347 e. The predicted octanol–water partition coefficient (Wildman–Crippen LogP) is 0.290. The topological polar surface area (TPSA) is 107 Å². The number of H-pyrrole nitrogens is 1. The molecular formula is C10H14N6O. The van der Waals surface area contributed by atoms with E-state index in [0.717, 1.165) is 19.3 Å². The highest BCUT2D eigenvalue weighted by Crippen LogP contribution is 2.35. The van der Waals surface area contributed by atoms with Gasteiger partial charge in [0.05, 0.1) is 12.6 Å². The van der Waals surface area contributed by atoms with Crippen molar-refractivity contribution >= 4 is 5.91 Å². The van der Waals surface area contributed by atoms with Gasteiger partial charge in [-0.2, -0.15) is 10.5 Å². The van der Waals surface area contributed by atoms with E-state index in [0.29, 0.717) is 18.7 Å². The van der Waals surface area contributed by atoms with Gasteiger partial charge < -0.3 is 5.32 Å². The molecule has 0 radical (unpaired) electrons. The molecule has 1 aliphatic carbocycles. The molecule has 1 aromatic rings. The Bertz CT molecular complexity index is 415. The molecule has 0 aromatic carbocycles. The van der Waals surface area contributed by atoms with E-state index in [1.54, 1.807) is 0 Å². The Morgan fingerprint density at radius 1 is 1.47 bits per heavy atom. The third-order valence-corrected chi connectivity index (χ3v) is 3.15. The summed E-state index contributed by atoms with van der Waals surface area (Å²) >= 11 is 0. The average Bonchev–Trinajstić information content (AvgIpc) is 2.90. The van der Waals surface area contributed by atoms with Crippen molar-refractivity contribution in [1.82, 2.24) is 25.9 Å². The van der Waals surface area contributed by atoms with Crippen LogP contribution in [-0.2, 0) is 11.3 Å². The van der Waals surface area contributed by atoms with E-state index < -0.39 is 5.41 Å². The zero-order chi connectivity index (χ0) is 12.1. The van der Waals surface area contributed by atoms with Gasteiger partial charge in [0.15, 0.2) is 5.82 Å². The number of nitriles is 1. The zero-order valence-electron chi connectivity index (χ0n) is 9.44. The number of carbonyl (C=O) groups excluding carboxylic acids is 1. The lowest BCUT2D eigenvalue weighted by Crippen LogP contribution is -2.41. The molecule has 0 bridgehead atoms. The molecule has 17 heavy (non-hydrogen) atoms. The highest BCUT2D eigenvalue weighted by Gasteiger charge is 2.39. The number of hydrogen-bond acceptors (Lipinski definition) is 5. The molecule has 1 aliphatic rings. The number of amides is 1. The van der Waals surface area contributed by atoms with Crippen LogP contribution in [0, 0.1) is 16.7 Å². The number of nitrogens with one attached hydrogen (secondary N) is 2. The summed E-state index contributed by atoms with van der Waals surface area (Å²) in [7, 11) is 0. The van der Waals surface area contributed by atoms with Gasteiger partial charge in [-0.1, -0.05) is 24.5 Å². The van der Waals surface area contributed by atoms with Crippen LogP contribution in [0.4, 0.5) is 0 Å². The summed E-state index contributed by atoms with van der Waals surface area (Å²) in [5.41, 5.74) is -0.859. The minimum absolute atomic E-state index is 0.207. The van der Waals surface area contributed by atoms with Crippen LogP contribution in [0.2, 0.25) is 0 Å². The first-order valence-corrected chi connectivity index (χ1v) is 5.69. The normalized spacial score (nSPS) is 18.3. The molecule has 1 saturated carbocycles. The van der Waals surface area contributed by atoms with Crippen molar-refractivity contribution in [3.05, 3.63) is 5.82 Å². The molecule has 0 unspecified atom stereocenters. The number of hydrogen-bond donors (Lipinski definition) is 2. The standard InChI is InChI=1S/C10H14N6O/c11-7-10(4-2-1-3-5-10)9(17)12-6-8-13-15-16-14-8/h1-6H2,(H,12,17)(H,13,14,15,16). The van der Waals surface area contributed by atoms with E-state index in [1.165, 1.54) is 0 Å². The largest absolute Gasteiger partial charge is 0.347 e. The van der Waals surface area contributed by atoms with Gasteiger partial charge in [-0.25, -0.2) is 0 Å². The molecule has 90 valence electrons. The summed E-state index contributed by atoms with van der Waals surface area (Å²) in [6, 6.07) is 2.17. The first kappa shape index (κ1) is 11.5. The lowest BCUT2D eigenvalue weighted by Gasteiger charge is -2.28. The fourth-order valence-corrected chi connectivity index (χ4v) is 2.13. The number of aromatic nitrogens is 4. The van der Waals surface area contributed by atoms with Crippen LogP contribution in [0.1, 0.15) is 37.9 Å². The summed E-state index contributed by atoms with van der Waals surface area (Å²) in [5, 5.41) is 25.1. The van der Waals surface area contributed by atoms with E-state index in [9.17, 15) is 10.1 Å². The Morgan fingerprint density at radius 2 is 2.24 bits per heavy atom. The second-order valence-corrected chi connectivity index (χ2v) is 4.27. The minimum atomic E-state index is -0.859. The fraction of sp³-hybridized carbons (Fsp3) is 0.700. The smallest absolute Gasteiger partial charge is 0.240 e. The number of rotatable bonds is 3. The van der Waals surface area contributed by atoms with Crippen molar-refractivity contribution in [2.75, 3.05) is 0 Å². The molecule has 7 heteroatoms. The molecule has 0 aliphatic heterocycles. The summed E-state index contributed by atoms with van der Waals surface area (Å²) in [6.07, 6.45) is 4.25. The number of tetrazole rings is 1. The van der Waals surface area contributed by atoms with Crippen LogP contribution in [0.15, 0.2) is 0 Å². The Morgan fingerprint density at radius 3 is 2.82 bits per heavy atom. The molecular weight excluding hydrogens is 220 g/mol. The Kier molecular flexibility index (Phi) is 3.32. The maximum atomic E-state index is 12.0. The van der Waals surface area contributed by atoms with E-state index in [4.69, 9.17) is 0 Å². The van der Waals surface area contributed by atoms with Gasteiger partial charge in [0.2, 0.25) is 5.91 Å². The van der Waals surface area contributed by atoms with Gasteiger partial charge in [-0.3, -0.25) is 4.79 Å². The van der Waals surface area contributed by atoms with Crippen molar-refractivity contribution in [2.24, 2.45) is 5.41 Å². The summed E-state index contributed by atoms with van der Waals surface area (Å²) in [4.78, 5) is 12.0. The lowest BCUT2D eigenvalue weighted by atomic mass is 9.74. The van der Waals surface area contributed by atoms with Gasteiger partial charge in [0, 0.05) is 0 Å². The fourth-order valence-electron chi connectivity index (χ4n) is 2.13. The zero-order valence-corrected chi connectivity index (χ0v) is 9.44. The van der Waals surface area contributed by atoms with E-state index >= 15 is 0 Å². The average molecular weight is 234 g/mol. The van der Waals surface area contributed by atoms with Crippen molar-refractivity contribution in [3.8, 4) is 6.07 Å². The van der Waals surface area contributed by atoms with Crippen LogP contribution in [0.5, 0.6) is 0 Å². The predicted molar refractivity (Wildman–Crippen MR) is 57.2 cm³/mol. The quantitative estimate of drug-likeness (QED) is 0.781. The molecule has 1 fully saturated rings. The van der Waals surface area contributed by atoms with Gasteiger partial charge in [0.25, 0.3) is 0 Å². The second kappa shape index (κ2) is 4.91. The number of aromatic amines is 1. The van der Waals surface area contributed by atoms with Crippen LogP contribution >= 0.6 is 0 Å². The van der Waals surface area contributed by atoms with Crippen LogP contribution in [0.3, 0.4) is 0 Å². The third-order valence-electron chi connectivity index (χ3n) is 3.15. The first-order chi connectivity index (χ1) is 8.27. The van der Waals surface area contributed by atoms with Crippen LogP contribution < -0.4 is 5.32 Å². The Hall–Kier alpha value is -1.97. The van der Waals surface area contributed by atoms with Gasteiger partial charge in [0.1, 0.15) is 5.41 Å². The van der Waals surface area contributed by atoms with Crippen molar-refractivity contribution < 1.29 is 4.79 Å². The van der Waals surface area contributed by atoms with Crippen LogP contribution in [-0.4, -0.2) is 26.5 Å². The van der Waals surface area contributed by atoms with Gasteiger partial charge in [-0.15, -0.1) is 10.2 Å². The second-order valence-electron chi connectivity index (χ2n) is 4.27. The Balaban J connectivity index is 1.96. The van der Waals surface area contributed by atoms with Gasteiger partial charge in [-0.05, 0) is 12.8 Å². The molecule has 0 atom stereocenters. The highest BCUT2D eigenvalue weighted by molar-refractivity contribution is 5.85. The number of carbonyl (C=O) groups is 1. The molecule has 1 amide bonds. The monoisotopic (exact) mass is 234 g/mol. The molecule has 1 heterocycles. The SMILES string of the molecule is N#CC1(C(=O)NCc2nn[nH]n2)CCCCC1. The summed E-state index contributed by atoms with van der Waals surface area (Å²) in [5.74, 6) is 0.201. The lowest BCUT2D eigenvalue weighted by molar-refractivity contribution is -0.129. The molecule has 7 nitrogen and oxygen atoms in total. The van der Waals surface area contributed by atoms with Crippen LogP contribution in [0.25, 0.3) is 0 Å². The molecule has 0 spiro atoms. The molecule has 2 N–H and O–H groups in total. The molecule has 0 saturated heterocycles. The van der Waals surface area contributed by atoms with E-state index in [1.807, 2.05) is 0 Å². The first-order valence-electron chi connectivity index (χ1n) is 5.69.